The SMILES string of the molecule is CN(C)c1ccc2c(-c3ccc(NC(=S)NCc4cn(-c5cccc(S(N)(=O)=O)c5)nn4)cc3C(=O)O)c3ccc(=[N+](C)C)cc-3oc2c1.[Cl-]. The fourth-order valence-corrected chi connectivity index (χ4v) is 6.13. The van der Waals surface area contributed by atoms with Crippen LogP contribution in [0, 0.1) is 0 Å². The first-order valence-corrected chi connectivity index (χ1v) is 16.9. The van der Waals surface area contributed by atoms with Crippen LogP contribution in [0.1, 0.15) is 16.1 Å². The lowest BCUT2D eigenvalue weighted by Gasteiger charge is -2.19. The number of carbonyl (C=O) groups is 1. The summed E-state index contributed by atoms with van der Waals surface area (Å²) in [5.74, 6) is -0.472. The van der Waals surface area contributed by atoms with Gasteiger partial charge in [0.05, 0.1) is 35.0 Å². The highest BCUT2D eigenvalue weighted by atomic mass is 35.5. The van der Waals surface area contributed by atoms with Crippen LogP contribution in [0.4, 0.5) is 11.4 Å². The molecule has 1 aliphatic carbocycles. The molecule has 0 spiro atoms. The van der Waals surface area contributed by atoms with E-state index >= 15 is 0 Å². The molecule has 0 radical (unpaired) electrons. The monoisotopic (exact) mass is 732 g/mol. The number of primary sulfonamides is 1. The third kappa shape index (κ3) is 7.45. The lowest BCUT2D eigenvalue weighted by Crippen LogP contribution is -3.00. The molecular weight excluding hydrogens is 700 g/mol. The summed E-state index contributed by atoms with van der Waals surface area (Å²) in [6, 6.07) is 22.9. The van der Waals surface area contributed by atoms with Gasteiger partial charge in [-0.25, -0.2) is 27.6 Å². The molecule has 0 unspecified atom stereocenters. The van der Waals surface area contributed by atoms with Crippen molar-refractivity contribution < 1.29 is 35.1 Å². The number of halogens is 1. The standard InChI is InChI=1S/C34H32N8O5S2.ClH/c1-40(2)22-9-12-27-30(16-22)47-31-17-23(41(3)4)10-13-28(31)32(27)26-11-8-20(14-29(26)33(43)44)37-34(48)36-18-21-19-42(39-38-21)24-6-5-7-25(15-24)49(35,45)46;/h5-17,19H,18H2,1-4H3,(H4,35,36,43,44,45,46,48);1H. The van der Waals surface area contributed by atoms with Crippen LogP contribution in [0.2, 0.25) is 0 Å². The Kier molecular flexibility index (Phi) is 10.2. The molecule has 3 aromatic carbocycles. The summed E-state index contributed by atoms with van der Waals surface area (Å²) in [7, 11) is 3.91. The normalized spacial score (nSPS) is 11.2. The van der Waals surface area contributed by atoms with Crippen LogP contribution < -0.4 is 43.0 Å². The topological polar surface area (TPSA) is 172 Å². The average Bonchev–Trinajstić information content (AvgIpc) is 3.54. The minimum absolute atomic E-state index is 0. The Hall–Kier alpha value is -5.35. The zero-order chi connectivity index (χ0) is 35.0. The molecule has 0 saturated carbocycles. The maximum atomic E-state index is 12.7. The predicted octanol–water partition coefficient (Wildman–Crippen LogP) is 0.719. The number of aromatic nitrogens is 3. The van der Waals surface area contributed by atoms with E-state index in [2.05, 4.69) is 20.9 Å². The van der Waals surface area contributed by atoms with Gasteiger partial charge in [-0.3, -0.25) is 0 Å². The van der Waals surface area contributed by atoms with Crippen molar-refractivity contribution >= 4 is 55.7 Å². The number of sulfonamides is 1. The molecule has 13 nitrogen and oxygen atoms in total. The molecule has 0 saturated heterocycles. The van der Waals surface area contributed by atoms with Gasteiger partial charge in [0, 0.05) is 54.1 Å². The maximum Gasteiger partial charge on any atom is 0.336 e. The lowest BCUT2D eigenvalue weighted by molar-refractivity contribution is -0.0000282. The summed E-state index contributed by atoms with van der Waals surface area (Å²) in [6.45, 7) is 0.194. The van der Waals surface area contributed by atoms with E-state index < -0.39 is 16.0 Å². The first-order valence-electron chi connectivity index (χ1n) is 14.9. The van der Waals surface area contributed by atoms with Crippen molar-refractivity contribution in [1.29, 1.82) is 0 Å². The van der Waals surface area contributed by atoms with E-state index in [0.29, 0.717) is 34.0 Å². The Morgan fingerprint density at radius 2 is 1.80 bits per heavy atom. The van der Waals surface area contributed by atoms with E-state index in [1.165, 1.54) is 16.8 Å². The second-order valence-electron chi connectivity index (χ2n) is 11.7. The number of hydrogen-bond donors (Lipinski definition) is 4. The summed E-state index contributed by atoms with van der Waals surface area (Å²) < 4.78 is 33.3. The van der Waals surface area contributed by atoms with Crippen LogP contribution in [0.5, 0.6) is 0 Å². The Labute approximate surface area is 299 Å². The molecule has 5 N–H and O–H groups in total. The fraction of sp³-hybridized carbons (Fsp3) is 0.147. The third-order valence-electron chi connectivity index (χ3n) is 7.88. The number of benzene rings is 4. The van der Waals surface area contributed by atoms with Crippen LogP contribution in [-0.4, -0.2) is 67.8 Å². The fourth-order valence-electron chi connectivity index (χ4n) is 5.39. The number of thiocarbonyl (C=S) groups is 1. The van der Waals surface area contributed by atoms with Crippen molar-refractivity contribution in [2.75, 3.05) is 38.4 Å². The van der Waals surface area contributed by atoms with Crippen molar-refractivity contribution in [2.45, 2.75) is 11.4 Å². The molecule has 1 aliphatic heterocycles. The second kappa shape index (κ2) is 14.2. The van der Waals surface area contributed by atoms with Crippen LogP contribution in [0.15, 0.2) is 94.4 Å². The van der Waals surface area contributed by atoms with Gasteiger partial charge >= 0.3 is 5.97 Å². The minimum Gasteiger partial charge on any atom is -1.00 e. The molecule has 0 amide bonds. The number of anilines is 2. The highest BCUT2D eigenvalue weighted by molar-refractivity contribution is 7.89. The van der Waals surface area contributed by atoms with Gasteiger partial charge in [0.2, 0.25) is 15.4 Å². The van der Waals surface area contributed by atoms with Crippen LogP contribution in [0.3, 0.4) is 0 Å². The van der Waals surface area contributed by atoms with E-state index in [1.807, 2.05) is 74.1 Å². The maximum absolute atomic E-state index is 12.7. The number of carboxylic acid groups (broad SMARTS) is 1. The third-order valence-corrected chi connectivity index (χ3v) is 9.04. The summed E-state index contributed by atoms with van der Waals surface area (Å²) >= 11 is 5.50. The van der Waals surface area contributed by atoms with Gasteiger partial charge in [0.25, 0.3) is 0 Å². The van der Waals surface area contributed by atoms with E-state index in [4.69, 9.17) is 21.8 Å². The predicted molar refractivity (Wildman–Crippen MR) is 192 cm³/mol. The van der Waals surface area contributed by atoms with Gasteiger partial charge in [0.15, 0.2) is 5.11 Å². The van der Waals surface area contributed by atoms with Gasteiger partial charge < -0.3 is 37.5 Å². The molecule has 16 heteroatoms. The Balaban J connectivity index is 0.00000486. The summed E-state index contributed by atoms with van der Waals surface area (Å²) in [5.41, 5.74) is 5.17. The number of nitrogens with one attached hydrogen (secondary N) is 2. The number of fused-ring (bicyclic) bond motifs is 2. The number of hydrogen-bond acceptors (Lipinski definition) is 8. The number of aromatic carboxylic acids is 1. The minimum atomic E-state index is -3.88. The van der Waals surface area contributed by atoms with Crippen molar-refractivity contribution in [3.8, 4) is 28.1 Å². The average molecular weight is 733 g/mol. The van der Waals surface area contributed by atoms with Crippen LogP contribution in [-0.2, 0) is 16.6 Å². The first kappa shape index (κ1) is 35.9. The number of rotatable bonds is 8. The van der Waals surface area contributed by atoms with Crippen molar-refractivity contribution in [1.82, 2.24) is 24.9 Å². The molecular formula is C34H33ClN8O5S2. The molecule has 0 atom stereocenters. The van der Waals surface area contributed by atoms with E-state index in [1.54, 1.807) is 36.5 Å². The van der Waals surface area contributed by atoms with E-state index in [-0.39, 0.29) is 34.5 Å². The Morgan fingerprint density at radius 1 is 1.04 bits per heavy atom. The van der Waals surface area contributed by atoms with Gasteiger partial charge in [-0.15, -0.1) is 5.10 Å². The highest BCUT2D eigenvalue weighted by Gasteiger charge is 2.23. The Morgan fingerprint density at radius 3 is 2.50 bits per heavy atom. The second-order valence-corrected chi connectivity index (χ2v) is 13.7. The lowest BCUT2D eigenvalue weighted by atomic mass is 9.90. The summed E-state index contributed by atoms with van der Waals surface area (Å²) in [4.78, 5) is 14.7. The van der Waals surface area contributed by atoms with Crippen LogP contribution in [0.25, 0.3) is 39.1 Å². The molecule has 2 heterocycles. The molecule has 258 valence electrons. The van der Waals surface area contributed by atoms with Crippen LogP contribution >= 0.6 is 12.2 Å². The van der Waals surface area contributed by atoms with Gasteiger partial charge in [-0.2, -0.15) is 0 Å². The van der Waals surface area contributed by atoms with Crippen molar-refractivity contribution in [2.24, 2.45) is 5.14 Å². The molecule has 50 heavy (non-hydrogen) atoms. The zero-order valence-electron chi connectivity index (χ0n) is 27.4. The first-order chi connectivity index (χ1) is 23.3. The quantitative estimate of drug-likeness (QED) is 0.0988. The van der Waals surface area contributed by atoms with Crippen molar-refractivity contribution in [3.05, 3.63) is 102 Å². The summed E-state index contributed by atoms with van der Waals surface area (Å²) in [6.07, 6.45) is 1.62. The van der Waals surface area contributed by atoms with Crippen molar-refractivity contribution in [3.63, 3.8) is 0 Å². The molecule has 4 aromatic rings. The number of carboxylic acids is 1. The number of nitrogens with two attached hydrogens (primary N) is 1. The molecule has 0 bridgehead atoms. The zero-order valence-corrected chi connectivity index (χ0v) is 29.8. The highest BCUT2D eigenvalue weighted by Crippen LogP contribution is 2.42. The number of nitrogens with zero attached hydrogens (tertiary/aromatic N) is 5. The van der Waals surface area contributed by atoms with Gasteiger partial charge in [-0.05, 0) is 66.3 Å². The molecule has 6 rings (SSSR count). The van der Waals surface area contributed by atoms with Gasteiger partial charge in [0.1, 0.15) is 31.1 Å². The largest absolute Gasteiger partial charge is 1.00 e. The smallest absolute Gasteiger partial charge is 0.336 e. The molecule has 0 fully saturated rings. The van der Waals surface area contributed by atoms with E-state index in [9.17, 15) is 18.3 Å². The molecule has 2 aliphatic rings. The Bertz CT molecular complexity index is 2420. The van der Waals surface area contributed by atoms with E-state index in [0.717, 1.165) is 27.6 Å². The van der Waals surface area contributed by atoms with Gasteiger partial charge in [-0.1, -0.05) is 17.3 Å². The summed E-state index contributed by atoms with van der Waals surface area (Å²) in [5, 5.41) is 31.9. The molecule has 1 aromatic heterocycles.